The van der Waals surface area contributed by atoms with Gasteiger partial charge in [0.15, 0.2) is 0 Å². The van der Waals surface area contributed by atoms with E-state index in [4.69, 9.17) is 5.26 Å². The minimum absolute atomic E-state index is 0.00579. The number of nitrogens with zero attached hydrogens (tertiary/aromatic N) is 1. The third kappa shape index (κ3) is 4.44. The number of hydrogen-bond acceptors (Lipinski definition) is 4. The van der Waals surface area contributed by atoms with Gasteiger partial charge in [-0.1, -0.05) is 24.3 Å². The number of carbonyl (C=O) groups is 2. The summed E-state index contributed by atoms with van der Waals surface area (Å²) in [5, 5.41) is 17.0. The summed E-state index contributed by atoms with van der Waals surface area (Å²) in [5.74, 6) is 0.217. The number of benzene rings is 2. The molecule has 2 amide bonds. The molecular weight excluding hydrogens is 395 g/mol. The van der Waals surface area contributed by atoms with Crippen molar-refractivity contribution in [3.05, 3.63) is 58.9 Å². The van der Waals surface area contributed by atoms with Gasteiger partial charge < -0.3 is 16.0 Å². The van der Waals surface area contributed by atoms with E-state index in [-0.39, 0.29) is 30.2 Å². The fourth-order valence-electron chi connectivity index (χ4n) is 4.55. The van der Waals surface area contributed by atoms with E-state index in [9.17, 15) is 14.0 Å². The van der Waals surface area contributed by atoms with E-state index < -0.39 is 0 Å². The van der Waals surface area contributed by atoms with Crippen molar-refractivity contribution in [2.75, 3.05) is 6.54 Å². The maximum atomic E-state index is 13.5. The van der Waals surface area contributed by atoms with Crippen molar-refractivity contribution in [3.63, 3.8) is 0 Å². The maximum absolute atomic E-state index is 13.5. The van der Waals surface area contributed by atoms with Crippen LogP contribution in [-0.4, -0.2) is 30.4 Å². The highest BCUT2D eigenvalue weighted by molar-refractivity contribution is 5.99. The van der Waals surface area contributed by atoms with Crippen LogP contribution in [0.4, 0.5) is 4.39 Å². The molecule has 2 aromatic carbocycles. The first-order valence-corrected chi connectivity index (χ1v) is 10.5. The van der Waals surface area contributed by atoms with E-state index in [1.165, 1.54) is 12.5 Å². The number of halogens is 1. The second-order valence-electron chi connectivity index (χ2n) is 8.31. The molecule has 0 aromatic heterocycles. The summed E-state index contributed by atoms with van der Waals surface area (Å²) in [6.45, 7) is 2.43. The van der Waals surface area contributed by atoms with Crippen molar-refractivity contribution in [3.8, 4) is 17.2 Å². The van der Waals surface area contributed by atoms with Gasteiger partial charge in [0.1, 0.15) is 12.4 Å². The lowest BCUT2D eigenvalue weighted by Crippen LogP contribution is -2.47. The van der Waals surface area contributed by atoms with E-state index in [0.717, 1.165) is 29.5 Å². The van der Waals surface area contributed by atoms with Gasteiger partial charge >= 0.3 is 0 Å². The molecule has 2 aromatic rings. The normalized spacial score (nSPS) is 22.7. The topological polar surface area (TPSA) is 94.0 Å². The average molecular weight is 420 g/mol. The number of rotatable bonds is 3. The van der Waals surface area contributed by atoms with Gasteiger partial charge in [0, 0.05) is 18.2 Å². The molecule has 2 fully saturated rings. The zero-order valence-corrected chi connectivity index (χ0v) is 17.4. The van der Waals surface area contributed by atoms with Gasteiger partial charge in [-0.2, -0.15) is 5.26 Å². The van der Waals surface area contributed by atoms with Crippen molar-refractivity contribution < 1.29 is 14.0 Å². The zero-order valence-electron chi connectivity index (χ0n) is 17.4. The number of carbonyl (C=O) groups excluding carboxylic acids is 2. The zero-order chi connectivity index (χ0) is 22.0. The molecule has 3 aliphatic rings. The van der Waals surface area contributed by atoms with Crippen LogP contribution in [-0.2, 0) is 11.3 Å². The Morgan fingerprint density at radius 3 is 2.68 bits per heavy atom. The molecule has 3 atom stereocenters. The first kappa shape index (κ1) is 21.0. The molecule has 0 spiro atoms. The highest BCUT2D eigenvalue weighted by Gasteiger charge is 2.42. The Labute approximate surface area is 180 Å². The molecule has 1 aliphatic carbocycles. The van der Waals surface area contributed by atoms with E-state index in [0.29, 0.717) is 29.6 Å². The van der Waals surface area contributed by atoms with Crippen LogP contribution < -0.4 is 16.0 Å². The lowest BCUT2D eigenvalue weighted by atomic mass is 9.99. The second kappa shape index (κ2) is 8.86. The van der Waals surface area contributed by atoms with Crippen molar-refractivity contribution in [2.24, 2.45) is 5.92 Å². The highest BCUT2D eigenvalue weighted by Crippen LogP contribution is 2.35. The highest BCUT2D eigenvalue weighted by atomic mass is 19.1. The molecule has 1 saturated carbocycles. The van der Waals surface area contributed by atoms with Gasteiger partial charge in [0.25, 0.3) is 5.91 Å². The summed E-state index contributed by atoms with van der Waals surface area (Å²) in [7, 11) is 0. The molecule has 3 N–H and O–H groups in total. The predicted molar refractivity (Wildman–Crippen MR) is 114 cm³/mol. The van der Waals surface area contributed by atoms with Crippen LogP contribution in [0.15, 0.2) is 36.4 Å². The Kier molecular flexibility index (Phi) is 6.01. The average Bonchev–Trinajstić information content (AvgIpc) is 3.51. The molecule has 31 heavy (non-hydrogen) atoms. The van der Waals surface area contributed by atoms with Crippen LogP contribution in [0.5, 0.6) is 0 Å². The van der Waals surface area contributed by atoms with Crippen molar-refractivity contribution >= 4 is 11.8 Å². The monoisotopic (exact) mass is 420 g/mol. The van der Waals surface area contributed by atoms with Crippen LogP contribution in [0.1, 0.15) is 40.7 Å². The fraction of sp³-hybridized carbons (Fsp3) is 0.375. The number of nitrogens with one attached hydrogen (secondary N) is 3. The maximum Gasteiger partial charge on any atom is 0.251 e. The van der Waals surface area contributed by atoms with E-state index in [1.54, 1.807) is 13.0 Å². The minimum atomic E-state index is -0.225. The Bertz CT molecular complexity index is 1060. The van der Waals surface area contributed by atoms with Crippen LogP contribution >= 0.6 is 0 Å². The van der Waals surface area contributed by atoms with Crippen LogP contribution in [0.25, 0.3) is 11.1 Å². The number of aryl methyl sites for hydroxylation is 1. The first-order valence-electron chi connectivity index (χ1n) is 10.5. The quantitative estimate of drug-likeness (QED) is 0.666. The molecule has 2 heterocycles. The summed E-state index contributed by atoms with van der Waals surface area (Å²) in [4.78, 5) is 23.1. The molecule has 160 valence electrons. The lowest BCUT2D eigenvalue weighted by molar-refractivity contribution is -0.123. The van der Waals surface area contributed by atoms with Crippen molar-refractivity contribution in [1.29, 1.82) is 5.26 Å². The summed E-state index contributed by atoms with van der Waals surface area (Å²) >= 11 is 0. The largest absolute Gasteiger partial charge is 0.348 e. The number of amides is 2. The SMILES string of the molecule is Cc1ccc(-c2ccc3c(c2)C(=O)NC3)cc1F.N#CCNC(=O)C1NC2CCC1C2. The number of nitriles is 1. The molecule has 7 heteroatoms. The van der Waals surface area contributed by atoms with Crippen molar-refractivity contribution in [2.45, 2.75) is 44.8 Å². The number of hydrogen-bond donors (Lipinski definition) is 3. The number of fused-ring (bicyclic) bond motifs is 3. The Morgan fingerprint density at radius 1 is 1.23 bits per heavy atom. The minimum Gasteiger partial charge on any atom is -0.348 e. The third-order valence-corrected chi connectivity index (χ3v) is 6.28. The molecule has 6 nitrogen and oxygen atoms in total. The number of piperidine rings is 1. The van der Waals surface area contributed by atoms with E-state index in [1.807, 2.05) is 30.3 Å². The molecule has 3 unspecified atom stereocenters. The molecule has 2 aliphatic heterocycles. The van der Waals surface area contributed by atoms with Crippen LogP contribution in [0.3, 0.4) is 0 Å². The van der Waals surface area contributed by atoms with E-state index in [2.05, 4.69) is 16.0 Å². The predicted octanol–water partition coefficient (Wildman–Crippen LogP) is 2.81. The Morgan fingerprint density at radius 2 is 2.00 bits per heavy atom. The molecule has 2 bridgehead atoms. The fourth-order valence-corrected chi connectivity index (χ4v) is 4.55. The molecule has 0 radical (unpaired) electrons. The van der Waals surface area contributed by atoms with Crippen LogP contribution in [0, 0.1) is 30.0 Å². The van der Waals surface area contributed by atoms with Gasteiger partial charge in [-0.05, 0) is 66.5 Å². The Balaban J connectivity index is 0.000000158. The lowest BCUT2D eigenvalue weighted by Gasteiger charge is -2.21. The first-order chi connectivity index (χ1) is 15.0. The van der Waals surface area contributed by atoms with Crippen molar-refractivity contribution in [1.82, 2.24) is 16.0 Å². The van der Waals surface area contributed by atoms with Gasteiger partial charge in [-0.3, -0.25) is 9.59 Å². The molecular formula is C24H25FN4O2. The molecule has 1 saturated heterocycles. The summed E-state index contributed by atoms with van der Waals surface area (Å²) < 4.78 is 13.5. The third-order valence-electron chi connectivity index (χ3n) is 6.28. The smallest absolute Gasteiger partial charge is 0.251 e. The van der Waals surface area contributed by atoms with Gasteiger partial charge in [0.05, 0.1) is 12.1 Å². The van der Waals surface area contributed by atoms with Gasteiger partial charge in [0.2, 0.25) is 5.91 Å². The van der Waals surface area contributed by atoms with E-state index >= 15 is 0 Å². The summed E-state index contributed by atoms with van der Waals surface area (Å²) in [6.07, 6.45) is 3.49. The van der Waals surface area contributed by atoms with Gasteiger partial charge in [-0.15, -0.1) is 0 Å². The second-order valence-corrected chi connectivity index (χ2v) is 8.31. The van der Waals surface area contributed by atoms with Crippen LogP contribution in [0.2, 0.25) is 0 Å². The summed E-state index contributed by atoms with van der Waals surface area (Å²) in [5.41, 5.74) is 3.97. The summed E-state index contributed by atoms with van der Waals surface area (Å²) in [6, 6.07) is 13.2. The van der Waals surface area contributed by atoms with Gasteiger partial charge in [-0.25, -0.2) is 4.39 Å². The molecule has 5 rings (SSSR count). The Hall–Kier alpha value is -3.24. The standard InChI is InChI=1S/C15H12FNO.C9H13N3O/c1-9-2-3-11(7-14(9)16)10-4-5-12-8-17-15(18)13(12)6-10;10-3-4-11-9(13)8-6-1-2-7(5-6)12-8/h2-7H,8H2,1H3,(H,17,18);6-8,12H,1-2,4-5H2,(H,11,13).